The highest BCUT2D eigenvalue weighted by Gasteiger charge is 2.03. The van der Waals surface area contributed by atoms with Crippen LogP contribution in [0.25, 0.3) is 0 Å². The highest BCUT2D eigenvalue weighted by Crippen LogP contribution is 2.14. The number of hydrogen-bond acceptors (Lipinski definition) is 6. The SMILES string of the molecule is CS(=O)(=O)OCCc1cnc(N)s1. The minimum atomic E-state index is -3.33. The lowest BCUT2D eigenvalue weighted by molar-refractivity contribution is 0.327. The molecule has 1 rings (SSSR count). The third-order valence-corrected chi connectivity index (χ3v) is 2.70. The van der Waals surface area contributed by atoms with Crippen LogP contribution in [0.15, 0.2) is 6.20 Å². The van der Waals surface area contributed by atoms with Gasteiger partial charge in [-0.3, -0.25) is 4.18 Å². The van der Waals surface area contributed by atoms with Gasteiger partial charge in [0.05, 0.1) is 12.9 Å². The summed E-state index contributed by atoms with van der Waals surface area (Å²) in [4.78, 5) is 4.74. The lowest BCUT2D eigenvalue weighted by Crippen LogP contribution is -2.05. The normalized spacial score (nSPS) is 11.8. The maximum Gasteiger partial charge on any atom is 0.264 e. The second-order valence-electron chi connectivity index (χ2n) is 2.44. The van der Waals surface area contributed by atoms with Crippen LogP contribution in [0.3, 0.4) is 0 Å². The number of aromatic nitrogens is 1. The van der Waals surface area contributed by atoms with E-state index in [-0.39, 0.29) is 6.61 Å². The Bertz CT molecular complexity index is 371. The van der Waals surface area contributed by atoms with E-state index in [1.165, 1.54) is 11.3 Å². The number of nitrogen functional groups attached to an aromatic ring is 1. The van der Waals surface area contributed by atoms with Gasteiger partial charge in [-0.1, -0.05) is 0 Å². The standard InChI is InChI=1S/C6H10N2O3S2/c1-13(9,10)11-3-2-5-4-8-6(7)12-5/h4H,2-3H2,1H3,(H2,7,8). The van der Waals surface area contributed by atoms with Gasteiger partial charge >= 0.3 is 0 Å². The van der Waals surface area contributed by atoms with Crippen LogP contribution in [-0.4, -0.2) is 26.3 Å². The summed E-state index contributed by atoms with van der Waals surface area (Å²) in [6.45, 7) is 0.139. The van der Waals surface area contributed by atoms with E-state index in [1.807, 2.05) is 0 Å². The Balaban J connectivity index is 2.36. The summed E-state index contributed by atoms with van der Waals surface area (Å²) in [7, 11) is -3.33. The van der Waals surface area contributed by atoms with Crippen molar-refractivity contribution in [1.29, 1.82) is 0 Å². The van der Waals surface area contributed by atoms with Crippen LogP contribution in [0.5, 0.6) is 0 Å². The molecule has 0 saturated heterocycles. The van der Waals surface area contributed by atoms with Gasteiger partial charge in [0.1, 0.15) is 0 Å². The van der Waals surface area contributed by atoms with E-state index < -0.39 is 10.1 Å². The maximum absolute atomic E-state index is 10.6. The highest BCUT2D eigenvalue weighted by atomic mass is 32.2. The highest BCUT2D eigenvalue weighted by molar-refractivity contribution is 7.85. The first kappa shape index (κ1) is 10.4. The number of hydrogen-bond donors (Lipinski definition) is 1. The molecule has 74 valence electrons. The molecule has 0 spiro atoms. The average Bonchev–Trinajstić information content (AvgIpc) is 2.33. The molecule has 2 N–H and O–H groups in total. The monoisotopic (exact) mass is 222 g/mol. The smallest absolute Gasteiger partial charge is 0.264 e. The molecule has 0 aromatic carbocycles. The summed E-state index contributed by atoms with van der Waals surface area (Å²) in [5.41, 5.74) is 5.38. The molecule has 0 aliphatic rings. The Hall–Kier alpha value is -0.660. The minimum absolute atomic E-state index is 0.139. The zero-order valence-corrected chi connectivity index (χ0v) is 8.69. The number of nitrogens with two attached hydrogens (primary N) is 1. The number of anilines is 1. The van der Waals surface area contributed by atoms with Crippen molar-refractivity contribution in [3.63, 3.8) is 0 Å². The Labute approximate surface area is 80.7 Å². The van der Waals surface area contributed by atoms with Crippen LogP contribution in [0.1, 0.15) is 4.88 Å². The Morgan fingerprint density at radius 1 is 1.69 bits per heavy atom. The van der Waals surface area contributed by atoms with Gasteiger partial charge in [-0.05, 0) is 0 Å². The summed E-state index contributed by atoms with van der Waals surface area (Å²) >= 11 is 1.33. The maximum atomic E-state index is 10.6. The molecule has 0 bridgehead atoms. The van der Waals surface area contributed by atoms with Gasteiger partial charge in [0, 0.05) is 17.5 Å². The fourth-order valence-corrected chi connectivity index (χ4v) is 1.78. The number of thiazole rings is 1. The first-order chi connectivity index (χ1) is 5.97. The Kier molecular flexibility index (Phi) is 3.23. The quantitative estimate of drug-likeness (QED) is 0.738. The van der Waals surface area contributed by atoms with Crippen molar-refractivity contribution in [1.82, 2.24) is 4.98 Å². The van der Waals surface area contributed by atoms with Gasteiger partial charge in [-0.15, -0.1) is 11.3 Å². The molecule has 0 atom stereocenters. The van der Waals surface area contributed by atoms with Crippen molar-refractivity contribution >= 4 is 26.6 Å². The molecule has 0 amide bonds. The van der Waals surface area contributed by atoms with Crippen LogP contribution in [0.2, 0.25) is 0 Å². The minimum Gasteiger partial charge on any atom is -0.375 e. The van der Waals surface area contributed by atoms with E-state index in [0.29, 0.717) is 11.6 Å². The van der Waals surface area contributed by atoms with Crippen LogP contribution < -0.4 is 5.73 Å². The summed E-state index contributed by atoms with van der Waals surface area (Å²) in [6, 6.07) is 0. The van der Waals surface area contributed by atoms with Crippen LogP contribution in [0.4, 0.5) is 5.13 Å². The summed E-state index contributed by atoms with van der Waals surface area (Å²) < 4.78 is 25.7. The molecular weight excluding hydrogens is 212 g/mol. The predicted molar refractivity (Wildman–Crippen MR) is 51.0 cm³/mol. The largest absolute Gasteiger partial charge is 0.375 e. The molecule has 1 heterocycles. The predicted octanol–water partition coefficient (Wildman–Crippen LogP) is 0.244. The van der Waals surface area contributed by atoms with E-state index in [9.17, 15) is 8.42 Å². The van der Waals surface area contributed by atoms with E-state index in [0.717, 1.165) is 11.1 Å². The molecule has 0 radical (unpaired) electrons. The molecule has 0 aliphatic carbocycles. The van der Waals surface area contributed by atoms with Gasteiger partial charge in [-0.2, -0.15) is 8.42 Å². The van der Waals surface area contributed by atoms with E-state index in [1.54, 1.807) is 6.20 Å². The van der Waals surface area contributed by atoms with Crippen LogP contribution in [0, 0.1) is 0 Å². The second kappa shape index (κ2) is 4.03. The summed E-state index contributed by atoms with van der Waals surface area (Å²) in [6.07, 6.45) is 3.15. The molecule has 0 saturated carbocycles. The van der Waals surface area contributed by atoms with Crippen molar-refractivity contribution in [3.05, 3.63) is 11.1 Å². The zero-order chi connectivity index (χ0) is 9.90. The molecular formula is C6H10N2O3S2. The first-order valence-corrected chi connectivity index (χ1v) is 6.15. The molecule has 13 heavy (non-hydrogen) atoms. The van der Waals surface area contributed by atoms with Gasteiger partial charge in [0.15, 0.2) is 5.13 Å². The van der Waals surface area contributed by atoms with Gasteiger partial charge < -0.3 is 5.73 Å². The summed E-state index contributed by atoms with van der Waals surface area (Å²) in [5.74, 6) is 0. The van der Waals surface area contributed by atoms with E-state index in [4.69, 9.17) is 5.73 Å². The lowest BCUT2D eigenvalue weighted by Gasteiger charge is -1.97. The van der Waals surface area contributed by atoms with E-state index >= 15 is 0 Å². The second-order valence-corrected chi connectivity index (χ2v) is 5.23. The number of nitrogens with zero attached hydrogens (tertiary/aromatic N) is 1. The molecule has 1 aromatic heterocycles. The van der Waals surface area contributed by atoms with Crippen LogP contribution in [-0.2, 0) is 20.7 Å². The Morgan fingerprint density at radius 3 is 2.85 bits per heavy atom. The average molecular weight is 222 g/mol. The lowest BCUT2D eigenvalue weighted by atomic mass is 10.4. The summed E-state index contributed by atoms with van der Waals surface area (Å²) in [5, 5.41) is 0.481. The van der Waals surface area contributed by atoms with Crippen molar-refractivity contribution < 1.29 is 12.6 Å². The zero-order valence-electron chi connectivity index (χ0n) is 7.06. The fraction of sp³-hybridized carbons (Fsp3) is 0.500. The van der Waals surface area contributed by atoms with Gasteiger partial charge in [0.2, 0.25) is 0 Å². The molecule has 0 unspecified atom stereocenters. The van der Waals surface area contributed by atoms with Crippen molar-refractivity contribution in [3.8, 4) is 0 Å². The van der Waals surface area contributed by atoms with Crippen molar-refractivity contribution in [2.45, 2.75) is 6.42 Å². The Morgan fingerprint density at radius 2 is 2.38 bits per heavy atom. The third-order valence-electron chi connectivity index (χ3n) is 1.22. The molecule has 5 nitrogen and oxygen atoms in total. The number of rotatable bonds is 4. The first-order valence-electron chi connectivity index (χ1n) is 3.52. The van der Waals surface area contributed by atoms with Crippen molar-refractivity contribution in [2.24, 2.45) is 0 Å². The molecule has 0 fully saturated rings. The molecule has 7 heteroatoms. The van der Waals surface area contributed by atoms with Crippen LogP contribution >= 0.6 is 11.3 Å². The third kappa shape index (κ3) is 4.20. The molecule has 1 aromatic rings. The van der Waals surface area contributed by atoms with Gasteiger partial charge in [0.25, 0.3) is 10.1 Å². The molecule has 0 aliphatic heterocycles. The van der Waals surface area contributed by atoms with Crippen molar-refractivity contribution in [2.75, 3.05) is 18.6 Å². The van der Waals surface area contributed by atoms with E-state index in [2.05, 4.69) is 9.17 Å². The fourth-order valence-electron chi connectivity index (χ4n) is 0.732. The van der Waals surface area contributed by atoms with Gasteiger partial charge in [-0.25, -0.2) is 4.98 Å². The topological polar surface area (TPSA) is 82.3 Å².